The van der Waals surface area contributed by atoms with Gasteiger partial charge in [-0.15, -0.1) is 0 Å². The first-order valence-corrected chi connectivity index (χ1v) is 16.2. The van der Waals surface area contributed by atoms with Gasteiger partial charge in [0.25, 0.3) is 0 Å². The van der Waals surface area contributed by atoms with Gasteiger partial charge in [-0.2, -0.15) is 0 Å². The maximum absolute atomic E-state index is 6.86. The van der Waals surface area contributed by atoms with E-state index >= 15 is 0 Å². The summed E-state index contributed by atoms with van der Waals surface area (Å²) in [6.45, 7) is 20.8. The average molecular weight is 467 g/mol. The fourth-order valence-corrected chi connectivity index (χ4v) is 9.46. The predicted octanol–water partition coefficient (Wildman–Crippen LogP) is 6.79. The molecule has 0 aromatic rings. The molecule has 0 bridgehead atoms. The third-order valence-electron chi connectivity index (χ3n) is 11.1. The summed E-state index contributed by atoms with van der Waals surface area (Å²) in [5.41, 5.74) is 0.372. The zero-order valence-corrected chi connectivity index (χ0v) is 23.4. The van der Waals surface area contributed by atoms with Crippen LogP contribution < -0.4 is 0 Å². The maximum Gasteiger partial charge on any atom is 0.192 e. The van der Waals surface area contributed by atoms with Crippen molar-refractivity contribution in [3.05, 3.63) is 0 Å². The molecule has 4 nitrogen and oxygen atoms in total. The second kappa shape index (κ2) is 8.32. The van der Waals surface area contributed by atoms with E-state index in [4.69, 9.17) is 18.6 Å². The standard InChI is InChI=1S/C27H50O4Si/c1-19-21(11-14-26(6)22(19)12-15-27(26)29-16-17-30-27)25(5)13-10-20(18-23(25)28-7)31-32(8,9)24(2,3)4/h19-23H,10-18H2,1-9H3/t19-,20?,21?,22?,23+,25-,26+/m1/s1. The van der Waals surface area contributed by atoms with Crippen LogP contribution in [0.3, 0.4) is 0 Å². The summed E-state index contributed by atoms with van der Waals surface area (Å²) in [6.07, 6.45) is 8.81. The van der Waals surface area contributed by atoms with E-state index in [-0.39, 0.29) is 27.8 Å². The van der Waals surface area contributed by atoms with Gasteiger partial charge in [-0.3, -0.25) is 0 Å². The Morgan fingerprint density at radius 2 is 1.53 bits per heavy atom. The minimum Gasteiger partial charge on any atom is -0.414 e. The quantitative estimate of drug-likeness (QED) is 0.428. The number of hydrogen-bond donors (Lipinski definition) is 0. The fourth-order valence-electron chi connectivity index (χ4n) is 8.06. The molecule has 4 fully saturated rings. The highest BCUT2D eigenvalue weighted by Gasteiger charge is 2.65. The summed E-state index contributed by atoms with van der Waals surface area (Å²) < 4.78 is 25.7. The lowest BCUT2D eigenvalue weighted by molar-refractivity contribution is -0.244. The van der Waals surface area contributed by atoms with Crippen molar-refractivity contribution in [2.45, 2.75) is 123 Å². The van der Waals surface area contributed by atoms with Crippen LogP contribution >= 0.6 is 0 Å². The van der Waals surface area contributed by atoms with E-state index in [2.05, 4.69) is 54.6 Å². The summed E-state index contributed by atoms with van der Waals surface area (Å²) >= 11 is 0. The fraction of sp³-hybridized carbons (Fsp3) is 1.00. The van der Waals surface area contributed by atoms with Crippen LogP contribution in [-0.4, -0.2) is 46.6 Å². The van der Waals surface area contributed by atoms with Gasteiger partial charge in [0.2, 0.25) is 0 Å². The van der Waals surface area contributed by atoms with Crippen LogP contribution in [0, 0.1) is 28.6 Å². The van der Waals surface area contributed by atoms with Crippen LogP contribution in [0.4, 0.5) is 0 Å². The van der Waals surface area contributed by atoms with Crippen LogP contribution in [-0.2, 0) is 18.6 Å². The molecular weight excluding hydrogens is 416 g/mol. The summed E-state index contributed by atoms with van der Waals surface area (Å²) in [6, 6.07) is 0. The zero-order valence-electron chi connectivity index (χ0n) is 22.4. The molecule has 5 heteroatoms. The molecule has 1 spiro atoms. The Hall–Kier alpha value is 0.0569. The Morgan fingerprint density at radius 1 is 0.906 bits per heavy atom. The van der Waals surface area contributed by atoms with Crippen molar-refractivity contribution in [2.75, 3.05) is 20.3 Å². The molecule has 0 radical (unpaired) electrons. The Labute approximate surface area is 198 Å². The lowest BCUT2D eigenvalue weighted by Gasteiger charge is -2.57. The highest BCUT2D eigenvalue weighted by molar-refractivity contribution is 6.74. The molecule has 3 aliphatic carbocycles. The smallest absolute Gasteiger partial charge is 0.192 e. The minimum atomic E-state index is -1.76. The van der Waals surface area contributed by atoms with E-state index in [1.807, 2.05) is 7.11 Å². The van der Waals surface area contributed by atoms with Gasteiger partial charge in [0.15, 0.2) is 14.1 Å². The predicted molar refractivity (Wildman–Crippen MR) is 132 cm³/mol. The van der Waals surface area contributed by atoms with Crippen molar-refractivity contribution in [2.24, 2.45) is 28.6 Å². The van der Waals surface area contributed by atoms with Gasteiger partial charge in [-0.25, -0.2) is 0 Å². The Kier molecular flexibility index (Phi) is 6.54. The topological polar surface area (TPSA) is 36.9 Å². The van der Waals surface area contributed by atoms with Gasteiger partial charge >= 0.3 is 0 Å². The van der Waals surface area contributed by atoms with Crippen molar-refractivity contribution >= 4 is 8.32 Å². The first-order chi connectivity index (χ1) is 14.8. The zero-order chi connectivity index (χ0) is 23.6. The SMILES string of the molecule is CO[C@H]1CC(O[Si](C)(C)C(C)(C)C)CC[C@]1(C)C1CC[C@@]2(C)C(CCC23OCCO3)[C@@H]1C. The first-order valence-electron chi connectivity index (χ1n) is 13.3. The molecule has 186 valence electrons. The van der Waals surface area contributed by atoms with Gasteiger partial charge in [0, 0.05) is 25.0 Å². The van der Waals surface area contributed by atoms with Crippen molar-refractivity contribution in [1.82, 2.24) is 0 Å². The van der Waals surface area contributed by atoms with Crippen molar-refractivity contribution in [3.63, 3.8) is 0 Å². The van der Waals surface area contributed by atoms with Crippen LogP contribution in [0.1, 0.15) is 86.5 Å². The molecule has 0 aromatic carbocycles. The molecule has 7 atom stereocenters. The van der Waals surface area contributed by atoms with Gasteiger partial charge in [-0.05, 0) is 79.8 Å². The van der Waals surface area contributed by atoms with Crippen molar-refractivity contribution in [3.8, 4) is 0 Å². The Bertz CT molecular complexity index is 682. The third-order valence-corrected chi connectivity index (χ3v) is 15.6. The molecule has 4 aliphatic rings. The molecule has 1 aliphatic heterocycles. The first kappa shape index (κ1) is 25.2. The Balaban J connectivity index is 1.49. The molecule has 4 rings (SSSR count). The number of hydrogen-bond acceptors (Lipinski definition) is 4. The van der Waals surface area contributed by atoms with Crippen molar-refractivity contribution < 1.29 is 18.6 Å². The normalized spacial score (nSPS) is 44.7. The Morgan fingerprint density at radius 3 is 2.12 bits per heavy atom. The lowest BCUT2D eigenvalue weighted by atomic mass is 9.51. The molecule has 32 heavy (non-hydrogen) atoms. The average Bonchev–Trinajstić information content (AvgIpc) is 3.29. The van der Waals surface area contributed by atoms with Gasteiger partial charge in [0.1, 0.15) is 0 Å². The number of methoxy groups -OCH3 is 1. The van der Waals surface area contributed by atoms with Crippen molar-refractivity contribution in [1.29, 1.82) is 0 Å². The van der Waals surface area contributed by atoms with Gasteiger partial charge < -0.3 is 18.6 Å². The molecule has 1 heterocycles. The molecule has 3 saturated carbocycles. The summed E-state index contributed by atoms with van der Waals surface area (Å²) in [5, 5.41) is 0.251. The van der Waals surface area contributed by atoms with Crippen LogP contribution in [0.2, 0.25) is 18.1 Å². The van der Waals surface area contributed by atoms with E-state index in [0.29, 0.717) is 23.9 Å². The highest BCUT2D eigenvalue weighted by Crippen LogP contribution is 2.66. The minimum absolute atomic E-state index is 0.154. The van der Waals surface area contributed by atoms with Gasteiger partial charge in [-0.1, -0.05) is 41.5 Å². The number of fused-ring (bicyclic) bond motifs is 2. The molecule has 0 amide bonds. The van der Waals surface area contributed by atoms with E-state index in [9.17, 15) is 0 Å². The summed E-state index contributed by atoms with van der Waals surface area (Å²) in [4.78, 5) is 0. The van der Waals surface area contributed by atoms with E-state index in [1.165, 1.54) is 32.1 Å². The summed E-state index contributed by atoms with van der Waals surface area (Å²) in [7, 11) is 0.167. The highest BCUT2D eigenvalue weighted by atomic mass is 28.4. The molecule has 1 saturated heterocycles. The molecular formula is C27H50O4Si. The van der Waals surface area contributed by atoms with Crippen LogP contribution in [0.25, 0.3) is 0 Å². The molecule has 3 unspecified atom stereocenters. The van der Waals surface area contributed by atoms with E-state index in [0.717, 1.165) is 26.1 Å². The third kappa shape index (κ3) is 3.77. The second-order valence-corrected chi connectivity index (χ2v) is 18.3. The maximum atomic E-state index is 6.86. The molecule has 0 N–H and O–H groups in total. The van der Waals surface area contributed by atoms with E-state index < -0.39 is 8.32 Å². The number of rotatable bonds is 4. The lowest BCUT2D eigenvalue weighted by Crippen LogP contribution is -2.56. The second-order valence-electron chi connectivity index (χ2n) is 13.5. The monoisotopic (exact) mass is 466 g/mol. The summed E-state index contributed by atoms with van der Waals surface area (Å²) in [5.74, 6) is 1.72. The largest absolute Gasteiger partial charge is 0.414 e. The molecule has 0 aromatic heterocycles. The number of ether oxygens (including phenoxy) is 3. The van der Waals surface area contributed by atoms with E-state index in [1.54, 1.807) is 0 Å². The van der Waals surface area contributed by atoms with Crippen LogP contribution in [0.15, 0.2) is 0 Å². The van der Waals surface area contributed by atoms with Crippen LogP contribution in [0.5, 0.6) is 0 Å². The van der Waals surface area contributed by atoms with Gasteiger partial charge in [0.05, 0.1) is 19.3 Å².